The fraction of sp³-hybridized carbons (Fsp3) is 0.381. The van der Waals surface area contributed by atoms with E-state index < -0.39 is 30.3 Å². The van der Waals surface area contributed by atoms with Crippen LogP contribution in [0.5, 0.6) is 0 Å². The molecule has 2 N–H and O–H groups in total. The molecule has 0 radical (unpaired) electrons. The maximum atomic E-state index is 12.5. The highest BCUT2D eigenvalue weighted by atomic mass is 16.2. The Morgan fingerprint density at radius 3 is 2.53 bits per heavy atom. The summed E-state index contributed by atoms with van der Waals surface area (Å²) in [5.74, 6) is -2.88. The predicted molar refractivity (Wildman–Crippen MR) is 108 cm³/mol. The van der Waals surface area contributed by atoms with Crippen molar-refractivity contribution in [3.8, 4) is 0 Å². The van der Waals surface area contributed by atoms with Gasteiger partial charge in [-0.15, -0.1) is 0 Å². The van der Waals surface area contributed by atoms with Gasteiger partial charge in [0.05, 0.1) is 0 Å². The van der Waals surface area contributed by atoms with E-state index >= 15 is 0 Å². The number of hydrogen-bond donors (Lipinski definition) is 2. The number of nitrogens with zero attached hydrogens (tertiary/aromatic N) is 2. The van der Waals surface area contributed by atoms with Crippen molar-refractivity contribution >= 4 is 35.3 Å². The van der Waals surface area contributed by atoms with Crippen LogP contribution in [0, 0.1) is 0 Å². The molecule has 1 aliphatic carbocycles. The van der Waals surface area contributed by atoms with E-state index in [2.05, 4.69) is 16.7 Å². The van der Waals surface area contributed by atoms with Gasteiger partial charge in [0.25, 0.3) is 5.91 Å². The zero-order valence-corrected chi connectivity index (χ0v) is 16.8. The number of anilines is 1. The van der Waals surface area contributed by atoms with Crippen LogP contribution in [0.2, 0.25) is 0 Å². The van der Waals surface area contributed by atoms with Crippen molar-refractivity contribution in [2.24, 2.45) is 0 Å². The minimum atomic E-state index is -1.01. The van der Waals surface area contributed by atoms with E-state index in [-0.39, 0.29) is 12.5 Å². The lowest BCUT2D eigenvalue weighted by Crippen LogP contribution is -2.39. The zero-order valence-electron chi connectivity index (χ0n) is 16.8. The molecule has 158 valence electrons. The van der Waals surface area contributed by atoms with Gasteiger partial charge in [0.15, 0.2) is 0 Å². The summed E-state index contributed by atoms with van der Waals surface area (Å²) in [6.45, 7) is -0.450. The van der Waals surface area contributed by atoms with Crippen LogP contribution in [0.1, 0.15) is 42.5 Å². The van der Waals surface area contributed by atoms with Gasteiger partial charge in [-0.3, -0.25) is 24.1 Å². The van der Waals surface area contributed by atoms with E-state index in [0.29, 0.717) is 22.6 Å². The second kappa shape index (κ2) is 9.34. The summed E-state index contributed by atoms with van der Waals surface area (Å²) >= 11 is 0. The van der Waals surface area contributed by atoms with Gasteiger partial charge >= 0.3 is 17.8 Å². The first kappa shape index (κ1) is 21.2. The first-order valence-corrected chi connectivity index (χ1v) is 9.88. The molecule has 1 saturated heterocycles. The number of imide groups is 2. The van der Waals surface area contributed by atoms with Crippen LogP contribution in [0.15, 0.2) is 35.9 Å². The van der Waals surface area contributed by atoms with Gasteiger partial charge in [-0.05, 0) is 50.3 Å². The van der Waals surface area contributed by atoms with Crippen molar-refractivity contribution in [1.82, 2.24) is 15.1 Å². The summed E-state index contributed by atoms with van der Waals surface area (Å²) in [4.78, 5) is 62.5. The highest BCUT2D eigenvalue weighted by Crippen LogP contribution is 2.22. The quantitative estimate of drug-likeness (QED) is 0.401. The number of nitrogens with one attached hydrogen (secondary N) is 2. The smallest absolute Gasteiger partial charge is 0.334 e. The van der Waals surface area contributed by atoms with Gasteiger partial charge < -0.3 is 10.6 Å². The van der Waals surface area contributed by atoms with E-state index in [1.165, 1.54) is 18.7 Å². The number of carbonyl (C=O) groups excluding carboxylic acids is 5. The van der Waals surface area contributed by atoms with Crippen LogP contribution in [0.3, 0.4) is 0 Å². The Balaban J connectivity index is 1.60. The van der Waals surface area contributed by atoms with E-state index in [0.717, 1.165) is 30.6 Å². The van der Waals surface area contributed by atoms with Gasteiger partial charge in [-0.25, -0.2) is 9.69 Å². The van der Waals surface area contributed by atoms with Crippen molar-refractivity contribution in [3.63, 3.8) is 0 Å². The molecule has 30 heavy (non-hydrogen) atoms. The lowest BCUT2D eigenvalue weighted by Gasteiger charge is -2.17. The third kappa shape index (κ3) is 4.73. The molecule has 9 heteroatoms. The topological polar surface area (TPSA) is 116 Å². The Hall–Kier alpha value is -3.49. The lowest BCUT2D eigenvalue weighted by molar-refractivity contribution is -0.143. The summed E-state index contributed by atoms with van der Waals surface area (Å²) < 4.78 is 0. The molecular formula is C21H24N4O5. The highest BCUT2D eigenvalue weighted by Gasteiger charge is 2.44. The predicted octanol–water partition coefficient (Wildman–Crippen LogP) is 1.67. The maximum Gasteiger partial charge on any atom is 0.334 e. The molecule has 1 fully saturated rings. The summed E-state index contributed by atoms with van der Waals surface area (Å²) in [5, 5.41) is 5.02. The summed E-state index contributed by atoms with van der Waals surface area (Å²) in [6, 6.07) is 5.45. The SMILES string of the molecule is CNC(=O)c1cccc(NC(=O)CN2C(=O)C(=O)N(CCC3=CCCCC3)C2=O)c1. The molecule has 1 aromatic rings. The normalized spacial score (nSPS) is 16.6. The van der Waals surface area contributed by atoms with Gasteiger partial charge in [0.1, 0.15) is 6.54 Å². The van der Waals surface area contributed by atoms with Crippen LogP contribution in [-0.2, 0) is 14.4 Å². The standard InChI is InChI=1S/C21H24N4O5/c1-22-18(27)15-8-5-9-16(12-15)23-17(26)13-25-20(29)19(28)24(21(25)30)11-10-14-6-3-2-4-7-14/h5-6,8-9,12H,2-4,7,10-11,13H2,1H3,(H,22,27)(H,23,26). The summed E-state index contributed by atoms with van der Waals surface area (Å²) in [5.41, 5.74) is 1.87. The Bertz CT molecular complexity index is 924. The fourth-order valence-electron chi connectivity index (χ4n) is 3.50. The number of carbonyl (C=O) groups is 5. The second-order valence-corrected chi connectivity index (χ2v) is 7.20. The molecule has 3 rings (SSSR count). The van der Waals surface area contributed by atoms with E-state index in [1.54, 1.807) is 18.2 Å². The molecule has 0 spiro atoms. The number of rotatable bonds is 7. The molecule has 1 aliphatic heterocycles. The van der Waals surface area contributed by atoms with Crippen molar-refractivity contribution in [1.29, 1.82) is 0 Å². The Kier molecular flexibility index (Phi) is 6.61. The Morgan fingerprint density at radius 1 is 1.07 bits per heavy atom. The van der Waals surface area contributed by atoms with Crippen molar-refractivity contribution in [2.45, 2.75) is 32.1 Å². The van der Waals surface area contributed by atoms with Crippen molar-refractivity contribution in [2.75, 3.05) is 25.5 Å². The minimum Gasteiger partial charge on any atom is -0.355 e. The minimum absolute atomic E-state index is 0.127. The second-order valence-electron chi connectivity index (χ2n) is 7.20. The van der Waals surface area contributed by atoms with Crippen LogP contribution in [0.4, 0.5) is 10.5 Å². The van der Waals surface area contributed by atoms with E-state index in [9.17, 15) is 24.0 Å². The maximum absolute atomic E-state index is 12.5. The fourth-order valence-corrected chi connectivity index (χ4v) is 3.50. The number of amides is 6. The van der Waals surface area contributed by atoms with Gasteiger partial charge in [-0.2, -0.15) is 0 Å². The Morgan fingerprint density at radius 2 is 1.83 bits per heavy atom. The van der Waals surface area contributed by atoms with Crippen LogP contribution >= 0.6 is 0 Å². The number of benzene rings is 1. The van der Waals surface area contributed by atoms with Crippen LogP contribution in [-0.4, -0.2) is 59.6 Å². The third-order valence-corrected chi connectivity index (χ3v) is 5.11. The number of allylic oxidation sites excluding steroid dienone is 1. The first-order chi connectivity index (χ1) is 14.4. The Labute approximate surface area is 174 Å². The molecule has 9 nitrogen and oxygen atoms in total. The summed E-state index contributed by atoms with van der Waals surface area (Å²) in [7, 11) is 1.49. The molecule has 0 saturated carbocycles. The monoisotopic (exact) mass is 412 g/mol. The zero-order chi connectivity index (χ0) is 21.7. The highest BCUT2D eigenvalue weighted by molar-refractivity contribution is 6.45. The first-order valence-electron chi connectivity index (χ1n) is 9.88. The summed E-state index contributed by atoms with van der Waals surface area (Å²) in [6.07, 6.45) is 6.80. The average molecular weight is 412 g/mol. The van der Waals surface area contributed by atoms with E-state index in [1.807, 2.05) is 0 Å². The van der Waals surface area contributed by atoms with Crippen LogP contribution in [0.25, 0.3) is 0 Å². The molecule has 0 unspecified atom stereocenters. The van der Waals surface area contributed by atoms with Gasteiger partial charge in [0, 0.05) is 24.8 Å². The largest absolute Gasteiger partial charge is 0.355 e. The number of hydrogen-bond acceptors (Lipinski definition) is 5. The molecule has 1 aromatic carbocycles. The van der Waals surface area contributed by atoms with Crippen molar-refractivity contribution in [3.05, 3.63) is 41.5 Å². The molecule has 1 heterocycles. The van der Waals surface area contributed by atoms with E-state index in [4.69, 9.17) is 0 Å². The number of urea groups is 1. The molecule has 6 amide bonds. The van der Waals surface area contributed by atoms with Gasteiger partial charge in [-0.1, -0.05) is 17.7 Å². The van der Waals surface area contributed by atoms with Gasteiger partial charge in [0.2, 0.25) is 5.91 Å². The molecule has 0 aromatic heterocycles. The molecule has 2 aliphatic rings. The average Bonchev–Trinajstić information content (AvgIpc) is 2.95. The molecule has 0 bridgehead atoms. The molecular weight excluding hydrogens is 388 g/mol. The molecule has 0 atom stereocenters. The van der Waals surface area contributed by atoms with Crippen LogP contribution < -0.4 is 10.6 Å². The third-order valence-electron chi connectivity index (χ3n) is 5.11. The van der Waals surface area contributed by atoms with Crippen molar-refractivity contribution < 1.29 is 24.0 Å². The lowest BCUT2D eigenvalue weighted by atomic mass is 9.97.